The summed E-state index contributed by atoms with van der Waals surface area (Å²) >= 11 is 0. The number of aromatic nitrogens is 1. The molecule has 2 rings (SSSR count). The van der Waals surface area contributed by atoms with Crippen LogP contribution in [0.2, 0.25) is 0 Å². The maximum Gasteiger partial charge on any atom is 0.281 e. The maximum absolute atomic E-state index is 12.9. The summed E-state index contributed by atoms with van der Waals surface area (Å²) in [6.07, 6.45) is 1.78. The first-order chi connectivity index (χ1) is 14.3. The van der Waals surface area contributed by atoms with Crippen LogP contribution in [0.25, 0.3) is 0 Å². The number of nitrogens with zero attached hydrogens (tertiary/aromatic N) is 4. The van der Waals surface area contributed by atoms with Gasteiger partial charge >= 0.3 is 0 Å². The van der Waals surface area contributed by atoms with Gasteiger partial charge in [0.1, 0.15) is 11.6 Å². The molecule has 0 amide bonds. The molecule has 9 nitrogen and oxygen atoms in total. The van der Waals surface area contributed by atoms with Crippen molar-refractivity contribution in [2.75, 3.05) is 6.54 Å². The molecule has 0 radical (unpaired) electrons. The number of aromatic hydroxyl groups is 1. The molecule has 1 aromatic heterocycles. The Labute approximate surface area is 175 Å². The van der Waals surface area contributed by atoms with Crippen molar-refractivity contribution in [2.45, 2.75) is 51.5 Å². The van der Waals surface area contributed by atoms with Crippen LogP contribution < -0.4 is 10.3 Å². The van der Waals surface area contributed by atoms with Crippen LogP contribution in [-0.2, 0) is 23.0 Å². The highest BCUT2D eigenvalue weighted by atomic mass is 32.2. The van der Waals surface area contributed by atoms with Crippen molar-refractivity contribution in [3.8, 4) is 11.9 Å². The van der Waals surface area contributed by atoms with Gasteiger partial charge in [0.2, 0.25) is 15.9 Å². The summed E-state index contributed by atoms with van der Waals surface area (Å²) in [6.45, 7) is 5.93. The third-order valence-electron chi connectivity index (χ3n) is 4.46. The second kappa shape index (κ2) is 10.1. The van der Waals surface area contributed by atoms with E-state index in [1.54, 1.807) is 13.8 Å². The van der Waals surface area contributed by atoms with E-state index in [0.717, 1.165) is 11.0 Å². The van der Waals surface area contributed by atoms with Gasteiger partial charge in [-0.05, 0) is 37.1 Å². The number of rotatable bonds is 9. The molecule has 0 aliphatic heterocycles. The van der Waals surface area contributed by atoms with Gasteiger partial charge in [-0.25, -0.2) is 13.1 Å². The Morgan fingerprint density at radius 1 is 1.17 bits per heavy atom. The van der Waals surface area contributed by atoms with Crippen molar-refractivity contribution in [1.82, 2.24) is 9.29 Å². The lowest BCUT2D eigenvalue weighted by molar-refractivity contribution is 0.399. The number of hydrogen-bond acceptors (Lipinski definition) is 7. The zero-order chi connectivity index (χ0) is 22.3. The Bertz CT molecular complexity index is 1130. The predicted molar refractivity (Wildman–Crippen MR) is 113 cm³/mol. The number of azo groups is 1. The molecule has 2 N–H and O–H groups in total. The number of benzene rings is 1. The summed E-state index contributed by atoms with van der Waals surface area (Å²) in [5.74, 6) is -0.357. The van der Waals surface area contributed by atoms with Gasteiger partial charge in [0.05, 0.1) is 10.6 Å². The molecule has 0 saturated carbocycles. The third-order valence-corrected chi connectivity index (χ3v) is 6.02. The molecule has 0 aliphatic rings. The molecule has 0 bridgehead atoms. The largest absolute Gasteiger partial charge is 0.493 e. The van der Waals surface area contributed by atoms with Crippen LogP contribution in [-0.4, -0.2) is 24.6 Å². The molecular formula is C20H25N5O4S. The number of sulfonamides is 1. The number of pyridine rings is 1. The fourth-order valence-corrected chi connectivity index (χ4v) is 3.94. The van der Waals surface area contributed by atoms with E-state index in [1.807, 2.05) is 13.0 Å². The van der Waals surface area contributed by atoms with Gasteiger partial charge < -0.3 is 5.11 Å². The Morgan fingerprint density at radius 2 is 1.83 bits per heavy atom. The van der Waals surface area contributed by atoms with Crippen molar-refractivity contribution in [3.63, 3.8) is 0 Å². The van der Waals surface area contributed by atoms with Gasteiger partial charge in [-0.3, -0.25) is 9.36 Å². The lowest BCUT2D eigenvalue weighted by atomic mass is 10.1. The fraction of sp³-hybridized carbons (Fsp3) is 0.400. The zero-order valence-corrected chi connectivity index (χ0v) is 18.0. The molecule has 2 aromatic rings. The van der Waals surface area contributed by atoms with E-state index >= 15 is 0 Å². The average Bonchev–Trinajstić information content (AvgIpc) is 2.73. The van der Waals surface area contributed by atoms with Crippen LogP contribution in [0.15, 0.2) is 44.2 Å². The molecule has 0 aliphatic carbocycles. The number of nitriles is 1. The van der Waals surface area contributed by atoms with Crippen LogP contribution in [0.1, 0.15) is 44.7 Å². The second-order valence-electron chi connectivity index (χ2n) is 6.50. The molecule has 0 atom stereocenters. The molecule has 1 heterocycles. The van der Waals surface area contributed by atoms with Crippen LogP contribution >= 0.6 is 0 Å². The topological polar surface area (TPSA) is 137 Å². The second-order valence-corrected chi connectivity index (χ2v) is 8.26. The van der Waals surface area contributed by atoms with Gasteiger partial charge in [0.25, 0.3) is 5.56 Å². The molecule has 0 unspecified atom stereocenters. The fourth-order valence-electron chi connectivity index (χ4n) is 2.90. The molecule has 10 heteroatoms. The van der Waals surface area contributed by atoms with Crippen molar-refractivity contribution < 1.29 is 13.5 Å². The smallest absolute Gasteiger partial charge is 0.281 e. The van der Waals surface area contributed by atoms with Gasteiger partial charge in [-0.1, -0.05) is 27.2 Å². The SMILES string of the molecule is CCCCn1c(O)c(C#N)c(CC)c(N=Nc2ccc(S(=O)(=O)NCC)cc2)c1=O. The quantitative estimate of drug-likeness (QED) is 0.585. The van der Waals surface area contributed by atoms with E-state index < -0.39 is 15.6 Å². The molecule has 30 heavy (non-hydrogen) atoms. The molecule has 0 fully saturated rings. The normalized spacial score (nSPS) is 11.7. The van der Waals surface area contributed by atoms with Crippen molar-refractivity contribution in [1.29, 1.82) is 5.26 Å². The van der Waals surface area contributed by atoms with E-state index in [2.05, 4.69) is 15.0 Å². The van der Waals surface area contributed by atoms with E-state index in [1.165, 1.54) is 24.3 Å². The molecular weight excluding hydrogens is 406 g/mol. The lowest BCUT2D eigenvalue weighted by Crippen LogP contribution is -2.22. The summed E-state index contributed by atoms with van der Waals surface area (Å²) < 4.78 is 27.6. The van der Waals surface area contributed by atoms with Crippen LogP contribution in [0, 0.1) is 11.3 Å². The summed E-state index contributed by atoms with van der Waals surface area (Å²) in [7, 11) is -3.58. The minimum absolute atomic E-state index is 0.00713. The van der Waals surface area contributed by atoms with Gasteiger partial charge in [-0.2, -0.15) is 10.4 Å². The Morgan fingerprint density at radius 3 is 2.37 bits per heavy atom. The summed E-state index contributed by atoms with van der Waals surface area (Å²) in [5, 5.41) is 27.9. The predicted octanol–water partition coefficient (Wildman–Crippen LogP) is 3.50. The minimum atomic E-state index is -3.58. The zero-order valence-electron chi connectivity index (χ0n) is 17.2. The van der Waals surface area contributed by atoms with Gasteiger partial charge in [0.15, 0.2) is 5.69 Å². The number of nitrogens with one attached hydrogen (secondary N) is 1. The highest BCUT2D eigenvalue weighted by Crippen LogP contribution is 2.28. The Hall–Kier alpha value is -3.03. The van der Waals surface area contributed by atoms with Crippen molar-refractivity contribution in [3.05, 3.63) is 45.7 Å². The Kier molecular flexibility index (Phi) is 7.86. The summed E-state index contributed by atoms with van der Waals surface area (Å²) in [6, 6.07) is 7.68. The Balaban J connectivity index is 2.50. The summed E-state index contributed by atoms with van der Waals surface area (Å²) in [4.78, 5) is 13.0. The van der Waals surface area contributed by atoms with E-state index in [4.69, 9.17) is 0 Å². The van der Waals surface area contributed by atoms with Crippen molar-refractivity contribution >= 4 is 21.4 Å². The minimum Gasteiger partial charge on any atom is -0.493 e. The van der Waals surface area contributed by atoms with E-state index in [9.17, 15) is 23.6 Å². The van der Waals surface area contributed by atoms with E-state index in [0.29, 0.717) is 24.1 Å². The van der Waals surface area contributed by atoms with Crippen molar-refractivity contribution in [2.24, 2.45) is 10.2 Å². The first-order valence-electron chi connectivity index (χ1n) is 9.70. The number of hydrogen-bond donors (Lipinski definition) is 2. The molecule has 0 spiro atoms. The first kappa shape index (κ1) is 23.3. The lowest BCUT2D eigenvalue weighted by Gasteiger charge is -2.13. The first-order valence-corrected chi connectivity index (χ1v) is 11.2. The molecule has 0 saturated heterocycles. The van der Waals surface area contributed by atoms with E-state index in [-0.39, 0.29) is 35.1 Å². The van der Waals surface area contributed by atoms with Crippen LogP contribution in [0.3, 0.4) is 0 Å². The average molecular weight is 432 g/mol. The standard InChI is InChI=1S/C20H25N5O4S/c1-4-7-12-25-19(26)17(13-21)16(5-2)18(20(25)27)24-23-14-8-10-15(11-9-14)30(28,29)22-6-3/h8-11,22,26H,4-7,12H2,1-3H3. The van der Waals surface area contributed by atoms with Gasteiger partial charge in [-0.15, -0.1) is 5.11 Å². The maximum atomic E-state index is 12.9. The monoisotopic (exact) mass is 431 g/mol. The highest BCUT2D eigenvalue weighted by molar-refractivity contribution is 7.89. The summed E-state index contributed by atoms with van der Waals surface area (Å²) in [5.41, 5.74) is 0.148. The van der Waals surface area contributed by atoms with Crippen LogP contribution in [0.5, 0.6) is 5.88 Å². The molecule has 1 aromatic carbocycles. The number of unbranched alkanes of at least 4 members (excludes halogenated alkanes) is 1. The third kappa shape index (κ3) is 4.93. The van der Waals surface area contributed by atoms with Crippen LogP contribution in [0.4, 0.5) is 11.4 Å². The van der Waals surface area contributed by atoms with Gasteiger partial charge in [0, 0.05) is 18.7 Å². The molecule has 160 valence electrons. The highest BCUT2D eigenvalue weighted by Gasteiger charge is 2.20.